The van der Waals surface area contributed by atoms with Crippen LogP contribution in [-0.2, 0) is 28.7 Å². The van der Waals surface area contributed by atoms with Crippen LogP contribution in [-0.4, -0.2) is 83.4 Å². The van der Waals surface area contributed by atoms with Gasteiger partial charge in [-0.05, 0) is 45.4 Å². The summed E-state index contributed by atoms with van der Waals surface area (Å²) in [6.07, 6.45) is -6.50. The Bertz CT molecular complexity index is 957. The molecular formula is C24H38F3N5O7. The fraction of sp³-hybridized carbons (Fsp3) is 0.750. The number of rotatable bonds is 10. The molecule has 3 atom stereocenters. The van der Waals surface area contributed by atoms with E-state index in [0.29, 0.717) is 6.42 Å². The van der Waals surface area contributed by atoms with Crippen molar-refractivity contribution >= 4 is 35.5 Å². The van der Waals surface area contributed by atoms with E-state index < -0.39 is 90.2 Å². The Morgan fingerprint density at radius 1 is 1.00 bits per heavy atom. The maximum Gasteiger partial charge on any atom is 0.389 e. The van der Waals surface area contributed by atoms with Crippen molar-refractivity contribution in [2.75, 3.05) is 13.1 Å². The van der Waals surface area contributed by atoms with Gasteiger partial charge in [-0.2, -0.15) is 13.2 Å². The number of carbonyl (C=O) groups excluding carboxylic acids is 6. The number of alkyl halides is 3. The van der Waals surface area contributed by atoms with Crippen molar-refractivity contribution in [2.24, 2.45) is 11.1 Å². The molecule has 0 aromatic rings. The largest absolute Gasteiger partial charge is 0.459 e. The lowest BCUT2D eigenvalue weighted by atomic mass is 9.85. The molecule has 15 heteroatoms. The third-order valence-corrected chi connectivity index (χ3v) is 5.63. The second kappa shape index (κ2) is 13.1. The lowest BCUT2D eigenvalue weighted by molar-refractivity contribution is -0.153. The first kappa shape index (κ1) is 33.6. The molecule has 1 aliphatic rings. The van der Waals surface area contributed by atoms with Crippen molar-refractivity contribution in [2.45, 2.75) is 97.1 Å². The number of esters is 1. The molecule has 0 bridgehead atoms. The van der Waals surface area contributed by atoms with Crippen molar-refractivity contribution < 1.29 is 46.7 Å². The van der Waals surface area contributed by atoms with Crippen LogP contribution in [0.5, 0.6) is 0 Å². The quantitative estimate of drug-likeness (QED) is 0.225. The van der Waals surface area contributed by atoms with Gasteiger partial charge in [-0.25, -0.2) is 4.79 Å². The summed E-state index contributed by atoms with van der Waals surface area (Å²) in [6, 6.07) is -4.99. The normalized spacial score (nSPS) is 17.6. The number of likely N-dealkylation sites (tertiary alicyclic amines) is 1. The zero-order chi connectivity index (χ0) is 30.3. The Kier molecular flexibility index (Phi) is 11.3. The number of halogens is 3. The maximum atomic E-state index is 13.5. The van der Waals surface area contributed by atoms with E-state index in [1.807, 2.05) is 0 Å². The minimum Gasteiger partial charge on any atom is -0.459 e. The summed E-state index contributed by atoms with van der Waals surface area (Å²) in [5.74, 6) is -5.17. The van der Waals surface area contributed by atoms with Crippen LogP contribution in [0, 0.1) is 5.41 Å². The second-order valence-electron chi connectivity index (χ2n) is 11.3. The third-order valence-electron chi connectivity index (χ3n) is 5.63. The number of ether oxygens (including phenoxy) is 1. The highest BCUT2D eigenvalue weighted by atomic mass is 19.4. The molecular weight excluding hydrogens is 527 g/mol. The molecule has 5 N–H and O–H groups in total. The van der Waals surface area contributed by atoms with E-state index >= 15 is 0 Å². The lowest BCUT2D eigenvalue weighted by Crippen LogP contribution is -2.60. The molecule has 1 fully saturated rings. The zero-order valence-electron chi connectivity index (χ0n) is 23.0. The van der Waals surface area contributed by atoms with Crippen molar-refractivity contribution in [3.8, 4) is 0 Å². The van der Waals surface area contributed by atoms with Gasteiger partial charge in [-0.3, -0.25) is 24.0 Å². The zero-order valence-corrected chi connectivity index (χ0v) is 23.0. The van der Waals surface area contributed by atoms with Crippen LogP contribution in [0.2, 0.25) is 0 Å². The van der Waals surface area contributed by atoms with E-state index in [0.717, 1.165) is 4.90 Å². The number of urea groups is 1. The van der Waals surface area contributed by atoms with Crippen molar-refractivity contribution in [3.63, 3.8) is 0 Å². The second-order valence-corrected chi connectivity index (χ2v) is 11.3. The van der Waals surface area contributed by atoms with Crippen LogP contribution in [0.1, 0.15) is 67.2 Å². The Balaban J connectivity index is 2.99. The van der Waals surface area contributed by atoms with E-state index in [-0.39, 0.29) is 13.0 Å². The van der Waals surface area contributed by atoms with Gasteiger partial charge < -0.3 is 31.3 Å². The topological polar surface area (TPSA) is 177 Å². The number of nitrogens with two attached hydrogens (primary N) is 1. The van der Waals surface area contributed by atoms with Crippen LogP contribution < -0.4 is 21.7 Å². The fourth-order valence-electron chi connectivity index (χ4n) is 3.85. The number of nitrogens with zero attached hydrogens (tertiary/aromatic N) is 1. The molecule has 222 valence electrons. The van der Waals surface area contributed by atoms with Gasteiger partial charge >= 0.3 is 18.2 Å². The van der Waals surface area contributed by atoms with Crippen LogP contribution in [0.4, 0.5) is 18.0 Å². The number of carbonyl (C=O) groups is 6. The smallest absolute Gasteiger partial charge is 0.389 e. The van der Waals surface area contributed by atoms with E-state index in [4.69, 9.17) is 10.5 Å². The van der Waals surface area contributed by atoms with Crippen LogP contribution in [0.15, 0.2) is 0 Å². The Labute approximate surface area is 224 Å². The number of amides is 5. The number of Topliss-reactive ketones (excluding diaryl/α,β-unsaturated/α-hetero) is 1. The predicted octanol–water partition coefficient (Wildman–Crippen LogP) is 0.915. The fourth-order valence-corrected chi connectivity index (χ4v) is 3.85. The number of nitrogens with one attached hydrogen (secondary N) is 3. The minimum absolute atomic E-state index is 0.0989. The number of primary amides is 1. The third kappa shape index (κ3) is 11.5. The molecule has 1 aliphatic heterocycles. The highest BCUT2D eigenvalue weighted by molar-refractivity contribution is 6.37. The highest BCUT2D eigenvalue weighted by Crippen LogP contribution is 2.27. The van der Waals surface area contributed by atoms with Gasteiger partial charge in [0.05, 0.1) is 6.04 Å². The van der Waals surface area contributed by atoms with E-state index in [1.165, 1.54) is 0 Å². The summed E-state index contributed by atoms with van der Waals surface area (Å²) in [7, 11) is 0. The van der Waals surface area contributed by atoms with Crippen LogP contribution >= 0.6 is 0 Å². The van der Waals surface area contributed by atoms with Gasteiger partial charge in [0.25, 0.3) is 5.91 Å². The molecule has 1 heterocycles. The molecule has 12 nitrogen and oxygen atoms in total. The van der Waals surface area contributed by atoms with Crippen LogP contribution in [0.25, 0.3) is 0 Å². The molecule has 1 unspecified atom stereocenters. The van der Waals surface area contributed by atoms with Crippen molar-refractivity contribution in [3.05, 3.63) is 0 Å². The van der Waals surface area contributed by atoms with Gasteiger partial charge in [-0.1, -0.05) is 20.8 Å². The SMILES string of the molecule is CC(C)(C)OC(=O)CNC(=O)N[C@H](C(=O)N1CCC[C@H]1C(=O)NC(CCC(F)(F)F)C(=O)C(N)=O)C(C)(C)C. The Morgan fingerprint density at radius 3 is 2.08 bits per heavy atom. The summed E-state index contributed by atoms with van der Waals surface area (Å²) < 4.78 is 43.2. The molecule has 5 amide bonds. The Morgan fingerprint density at radius 2 is 1.59 bits per heavy atom. The molecule has 0 spiro atoms. The van der Waals surface area contributed by atoms with Gasteiger partial charge in [0.1, 0.15) is 24.2 Å². The van der Waals surface area contributed by atoms with E-state index in [1.54, 1.807) is 41.5 Å². The van der Waals surface area contributed by atoms with E-state index in [2.05, 4.69) is 16.0 Å². The molecule has 0 saturated carbocycles. The Hall–Kier alpha value is -3.39. The van der Waals surface area contributed by atoms with Gasteiger partial charge in [0, 0.05) is 13.0 Å². The number of ketones is 1. The van der Waals surface area contributed by atoms with Crippen molar-refractivity contribution in [1.29, 1.82) is 0 Å². The molecule has 0 aromatic carbocycles. The summed E-state index contributed by atoms with van der Waals surface area (Å²) in [4.78, 5) is 75.3. The average molecular weight is 566 g/mol. The number of hydrogen-bond acceptors (Lipinski definition) is 7. The van der Waals surface area contributed by atoms with Gasteiger partial charge in [0.15, 0.2) is 0 Å². The first-order chi connectivity index (χ1) is 17.6. The lowest BCUT2D eigenvalue weighted by Gasteiger charge is -2.35. The average Bonchev–Trinajstić information content (AvgIpc) is 3.25. The van der Waals surface area contributed by atoms with Crippen molar-refractivity contribution in [1.82, 2.24) is 20.9 Å². The molecule has 39 heavy (non-hydrogen) atoms. The molecule has 0 aromatic heterocycles. The standard InChI is InChI=1S/C24H38F3N5O7/c1-22(2,3)17(31-21(38)29-12-15(33)39-23(4,5)6)20(37)32-11-7-8-14(32)19(36)30-13(16(34)18(28)35)9-10-24(25,26)27/h13-14,17H,7-12H2,1-6H3,(H2,28,35)(H,30,36)(H2,29,31,38)/t13?,14-,17+/m0/s1. The monoisotopic (exact) mass is 565 g/mol. The van der Waals surface area contributed by atoms with Crippen LogP contribution in [0.3, 0.4) is 0 Å². The summed E-state index contributed by atoms with van der Waals surface area (Å²) in [6.45, 7) is 9.59. The molecule has 1 rings (SSSR count). The van der Waals surface area contributed by atoms with Gasteiger partial charge in [-0.15, -0.1) is 0 Å². The minimum atomic E-state index is -4.65. The predicted molar refractivity (Wildman–Crippen MR) is 132 cm³/mol. The molecule has 1 saturated heterocycles. The molecule has 0 aliphatic carbocycles. The summed E-state index contributed by atoms with van der Waals surface area (Å²) >= 11 is 0. The highest BCUT2D eigenvalue weighted by Gasteiger charge is 2.43. The number of hydrogen-bond donors (Lipinski definition) is 4. The van der Waals surface area contributed by atoms with Gasteiger partial charge in [0.2, 0.25) is 17.6 Å². The van der Waals surface area contributed by atoms with E-state index in [9.17, 15) is 41.9 Å². The summed E-state index contributed by atoms with van der Waals surface area (Å²) in [5, 5.41) is 6.95. The first-order valence-corrected chi connectivity index (χ1v) is 12.4. The molecule has 0 radical (unpaired) electrons. The maximum absolute atomic E-state index is 13.5. The first-order valence-electron chi connectivity index (χ1n) is 12.4. The summed E-state index contributed by atoms with van der Waals surface area (Å²) in [5.41, 5.74) is 3.30.